The third-order valence-corrected chi connectivity index (χ3v) is 9.65. The smallest absolute Gasteiger partial charge is 0.336 e. The number of carbonyl (C=O) groups excluding carboxylic acids is 3. The van der Waals surface area contributed by atoms with Crippen LogP contribution in [-0.4, -0.2) is 58.5 Å². The molecule has 0 bridgehead atoms. The molecule has 1 N–H and O–H groups in total. The van der Waals surface area contributed by atoms with Gasteiger partial charge in [0, 0.05) is 36.8 Å². The van der Waals surface area contributed by atoms with Crippen molar-refractivity contribution in [3.63, 3.8) is 0 Å². The maximum Gasteiger partial charge on any atom is 0.336 e. The molecule has 1 aromatic heterocycles. The minimum absolute atomic E-state index is 0.136. The van der Waals surface area contributed by atoms with Crippen LogP contribution in [0, 0.1) is 5.41 Å². The Morgan fingerprint density at radius 2 is 1.82 bits per heavy atom. The summed E-state index contributed by atoms with van der Waals surface area (Å²) >= 11 is 15.8. The molecule has 3 atom stereocenters. The number of aromatic nitrogens is 1. The number of nitrogens with one attached hydrogen (secondary N) is 1. The highest BCUT2D eigenvalue weighted by atomic mass is 79.9. The van der Waals surface area contributed by atoms with Gasteiger partial charge in [0.05, 0.1) is 34.2 Å². The molecule has 2 unspecified atom stereocenters. The van der Waals surface area contributed by atoms with Crippen LogP contribution < -0.4 is 5.32 Å². The van der Waals surface area contributed by atoms with Crippen LogP contribution in [0.15, 0.2) is 41.7 Å². The van der Waals surface area contributed by atoms with Gasteiger partial charge in [-0.25, -0.2) is 4.79 Å². The molecule has 5 rings (SSSR count). The van der Waals surface area contributed by atoms with Crippen LogP contribution in [0.25, 0.3) is 0 Å². The van der Waals surface area contributed by atoms with Crippen LogP contribution in [0.5, 0.6) is 0 Å². The summed E-state index contributed by atoms with van der Waals surface area (Å²) in [6, 6.07) is 7.13. The summed E-state index contributed by atoms with van der Waals surface area (Å²) in [5.41, 5.74) is 0.230. The van der Waals surface area contributed by atoms with E-state index in [1.54, 1.807) is 12.1 Å². The molecule has 8 nitrogen and oxygen atoms in total. The van der Waals surface area contributed by atoms with Crippen LogP contribution in [-0.2, 0) is 25.5 Å². The Bertz CT molecular complexity index is 1320. The molecule has 3 aliphatic rings. The van der Waals surface area contributed by atoms with E-state index in [9.17, 15) is 14.4 Å². The van der Waals surface area contributed by atoms with Crippen molar-refractivity contribution in [3.8, 4) is 0 Å². The van der Waals surface area contributed by atoms with E-state index in [4.69, 9.17) is 37.7 Å². The number of ether oxygens (including phenoxy) is 2. The number of anilines is 1. The maximum atomic E-state index is 13.6. The lowest BCUT2D eigenvalue weighted by Gasteiger charge is -2.49. The van der Waals surface area contributed by atoms with E-state index in [0.29, 0.717) is 18.7 Å². The SMILES string of the molecule is COC(=O)[C@](Cc1ccc(NC(=O)c2c(Cl)cncc2Cl)cc1)(N=C1C(Br)C(=O)C12CCCCC2)C1CCCO1. The van der Waals surface area contributed by atoms with Crippen LogP contribution in [0.3, 0.4) is 0 Å². The Kier molecular flexibility index (Phi) is 8.66. The fourth-order valence-corrected chi connectivity index (χ4v) is 7.65. The molecule has 40 heavy (non-hydrogen) atoms. The molecule has 1 saturated heterocycles. The molecule has 3 fully saturated rings. The first-order chi connectivity index (χ1) is 19.2. The number of amides is 1. The Hall–Kier alpha value is -2.33. The molecular weight excluding hydrogens is 621 g/mol. The van der Waals surface area contributed by atoms with Crippen molar-refractivity contribution in [2.75, 3.05) is 19.0 Å². The first-order valence-corrected chi connectivity index (χ1v) is 15.1. The molecule has 1 amide bonds. The summed E-state index contributed by atoms with van der Waals surface area (Å²) in [5.74, 6) is -0.807. The largest absolute Gasteiger partial charge is 0.467 e. The lowest BCUT2D eigenvalue weighted by molar-refractivity contribution is -0.152. The van der Waals surface area contributed by atoms with Crippen LogP contribution in [0.4, 0.5) is 5.69 Å². The van der Waals surface area contributed by atoms with Crippen molar-refractivity contribution in [3.05, 3.63) is 57.8 Å². The molecule has 1 aromatic carbocycles. The van der Waals surface area contributed by atoms with Crippen LogP contribution in [0.2, 0.25) is 10.0 Å². The van der Waals surface area contributed by atoms with Gasteiger partial charge in [0.15, 0.2) is 11.3 Å². The number of ketones is 1. The summed E-state index contributed by atoms with van der Waals surface area (Å²) < 4.78 is 11.4. The molecule has 1 aliphatic heterocycles. The Morgan fingerprint density at radius 1 is 1.15 bits per heavy atom. The van der Waals surface area contributed by atoms with Gasteiger partial charge in [-0.05, 0) is 43.4 Å². The second-order valence-corrected chi connectivity index (χ2v) is 12.3. The van der Waals surface area contributed by atoms with E-state index < -0.39 is 33.8 Å². The summed E-state index contributed by atoms with van der Waals surface area (Å²) in [4.78, 5) is 48.0. The van der Waals surface area contributed by atoms with Crippen LogP contribution in [0.1, 0.15) is 60.9 Å². The predicted molar refractivity (Wildman–Crippen MR) is 157 cm³/mol. The van der Waals surface area contributed by atoms with Crippen molar-refractivity contribution in [2.24, 2.45) is 10.4 Å². The van der Waals surface area contributed by atoms with Gasteiger partial charge in [0.1, 0.15) is 4.83 Å². The lowest BCUT2D eigenvalue weighted by atomic mass is 9.58. The van der Waals surface area contributed by atoms with Crippen LogP contribution >= 0.6 is 39.1 Å². The number of carbonyl (C=O) groups is 3. The molecular formula is C29H30BrCl2N3O5. The summed E-state index contributed by atoms with van der Waals surface area (Å²) in [5, 5.41) is 3.09. The number of halogens is 3. The first-order valence-electron chi connectivity index (χ1n) is 13.4. The van der Waals surface area contributed by atoms with Gasteiger partial charge >= 0.3 is 5.97 Å². The Labute approximate surface area is 251 Å². The van der Waals surface area contributed by atoms with Gasteiger partial charge in [-0.15, -0.1) is 0 Å². The molecule has 2 aromatic rings. The molecule has 1 spiro atoms. The number of nitrogens with zero attached hydrogens (tertiary/aromatic N) is 2. The van der Waals surface area contributed by atoms with E-state index in [-0.39, 0.29) is 27.8 Å². The van der Waals surface area contributed by atoms with Crippen molar-refractivity contribution in [1.82, 2.24) is 4.98 Å². The van der Waals surface area contributed by atoms with E-state index in [2.05, 4.69) is 26.2 Å². The highest BCUT2D eigenvalue weighted by Crippen LogP contribution is 2.51. The van der Waals surface area contributed by atoms with Gasteiger partial charge in [0.25, 0.3) is 5.91 Å². The number of rotatable bonds is 7. The van der Waals surface area contributed by atoms with Gasteiger partial charge in [-0.2, -0.15) is 0 Å². The molecule has 0 radical (unpaired) electrons. The highest BCUT2D eigenvalue weighted by molar-refractivity contribution is 9.10. The number of alkyl halides is 1. The van der Waals surface area contributed by atoms with Gasteiger partial charge in [0.2, 0.25) is 0 Å². The number of pyridine rings is 1. The predicted octanol–water partition coefficient (Wildman–Crippen LogP) is 6.01. The van der Waals surface area contributed by atoms with Crippen molar-refractivity contribution >= 4 is 68.2 Å². The average molecular weight is 651 g/mol. The molecule has 11 heteroatoms. The van der Waals surface area contributed by atoms with Gasteiger partial charge in [-0.3, -0.25) is 19.6 Å². The molecule has 2 aliphatic carbocycles. The molecule has 2 heterocycles. The number of aliphatic imine (C=N–C) groups is 1. The van der Waals surface area contributed by atoms with Gasteiger partial charge in [-0.1, -0.05) is 70.5 Å². The first kappa shape index (κ1) is 29.2. The normalized spacial score (nSPS) is 24.4. The Balaban J connectivity index is 1.46. The molecule has 2 saturated carbocycles. The Morgan fingerprint density at radius 3 is 2.42 bits per heavy atom. The number of benzene rings is 1. The number of Topliss-reactive ketones (excluding diaryl/α,β-unsaturated/α-hetero) is 1. The zero-order valence-electron chi connectivity index (χ0n) is 22.1. The zero-order chi connectivity index (χ0) is 28.5. The highest BCUT2D eigenvalue weighted by Gasteiger charge is 2.61. The van der Waals surface area contributed by atoms with Crippen molar-refractivity contribution in [2.45, 2.75) is 67.8 Å². The minimum Gasteiger partial charge on any atom is -0.467 e. The fourth-order valence-electron chi connectivity index (χ4n) is 6.14. The molecule has 212 valence electrons. The number of esters is 1. The monoisotopic (exact) mass is 649 g/mol. The summed E-state index contributed by atoms with van der Waals surface area (Å²) in [7, 11) is 1.36. The third kappa shape index (κ3) is 5.22. The van der Waals surface area contributed by atoms with E-state index in [1.807, 2.05) is 12.1 Å². The number of hydrogen-bond acceptors (Lipinski definition) is 7. The van der Waals surface area contributed by atoms with E-state index >= 15 is 0 Å². The average Bonchev–Trinajstić information content (AvgIpc) is 3.51. The number of hydrogen-bond donors (Lipinski definition) is 1. The van der Waals surface area contributed by atoms with E-state index in [0.717, 1.165) is 49.8 Å². The standard InChI is InChI=1S/C29H30BrCl2N3O5/c1-39-27(38)29(21-6-5-13-40-21,35-24-23(30)25(36)28(24)11-3-2-4-12-28)14-17-7-9-18(10-8-17)34-26(37)22-19(31)15-33-16-20(22)32/h7-10,15-16,21,23H,2-6,11-14H2,1H3,(H,34,37)/t21?,23?,29-/m1/s1. The quantitative estimate of drug-likeness (QED) is 0.291. The maximum absolute atomic E-state index is 13.6. The fraction of sp³-hybridized carbons (Fsp3) is 0.483. The summed E-state index contributed by atoms with van der Waals surface area (Å²) in [6.45, 7) is 0.529. The third-order valence-electron chi connectivity index (χ3n) is 8.23. The summed E-state index contributed by atoms with van der Waals surface area (Å²) in [6.07, 6.45) is 8.40. The topological polar surface area (TPSA) is 107 Å². The van der Waals surface area contributed by atoms with Crippen molar-refractivity contribution in [1.29, 1.82) is 0 Å². The zero-order valence-corrected chi connectivity index (χ0v) is 25.2. The second-order valence-electron chi connectivity index (χ2n) is 10.6. The minimum atomic E-state index is -1.35. The van der Waals surface area contributed by atoms with E-state index in [1.165, 1.54) is 19.5 Å². The lowest BCUT2D eigenvalue weighted by Crippen LogP contribution is -2.63. The van der Waals surface area contributed by atoms with Gasteiger partial charge < -0.3 is 14.8 Å². The number of methoxy groups -OCH3 is 1. The van der Waals surface area contributed by atoms with Crippen molar-refractivity contribution < 1.29 is 23.9 Å². The second kappa shape index (κ2) is 11.9.